The van der Waals surface area contributed by atoms with E-state index in [1.807, 2.05) is 0 Å². The third-order valence-corrected chi connectivity index (χ3v) is 4.50. The first-order valence-electron chi connectivity index (χ1n) is 7.19. The molecule has 2 heteroatoms. The molecule has 0 radical (unpaired) electrons. The van der Waals surface area contributed by atoms with Gasteiger partial charge in [-0.05, 0) is 51.1 Å². The Balaban J connectivity index is 1.83. The summed E-state index contributed by atoms with van der Waals surface area (Å²) in [7, 11) is 0. The largest absolute Gasteiger partial charge is 0.324 e. The van der Waals surface area contributed by atoms with Crippen molar-refractivity contribution >= 4 is 0 Å². The van der Waals surface area contributed by atoms with Crippen molar-refractivity contribution in [3.8, 4) is 0 Å². The van der Waals surface area contributed by atoms with Gasteiger partial charge in [-0.1, -0.05) is 26.2 Å². The molecule has 1 atom stereocenters. The van der Waals surface area contributed by atoms with E-state index in [4.69, 9.17) is 5.73 Å². The molecule has 0 aromatic rings. The molecule has 2 N–H and O–H groups in total. The summed E-state index contributed by atoms with van der Waals surface area (Å²) in [6, 6.07) is 0. The second kappa shape index (κ2) is 5.50. The first-order valence-corrected chi connectivity index (χ1v) is 7.19. The molecule has 94 valence electrons. The Kier molecular flexibility index (Phi) is 4.26. The van der Waals surface area contributed by atoms with Gasteiger partial charge in [0.05, 0.1) is 0 Å². The average Bonchev–Trinajstić information content (AvgIpc) is 2.44. The fraction of sp³-hybridized carbons (Fsp3) is 1.00. The molecular weight excluding hydrogens is 196 g/mol. The van der Waals surface area contributed by atoms with Gasteiger partial charge in [-0.15, -0.1) is 0 Å². The van der Waals surface area contributed by atoms with E-state index < -0.39 is 0 Å². The molecule has 1 saturated heterocycles. The smallest absolute Gasteiger partial charge is 0.0283 e. The lowest BCUT2D eigenvalue weighted by Gasteiger charge is -2.38. The van der Waals surface area contributed by atoms with Crippen molar-refractivity contribution in [2.24, 2.45) is 11.7 Å². The van der Waals surface area contributed by atoms with E-state index >= 15 is 0 Å². The van der Waals surface area contributed by atoms with E-state index in [2.05, 4.69) is 11.8 Å². The summed E-state index contributed by atoms with van der Waals surface area (Å²) in [6.45, 7) is 6.10. The van der Waals surface area contributed by atoms with Gasteiger partial charge >= 0.3 is 0 Å². The van der Waals surface area contributed by atoms with E-state index in [0.717, 1.165) is 12.5 Å². The van der Waals surface area contributed by atoms with Gasteiger partial charge in [-0.25, -0.2) is 0 Å². The Morgan fingerprint density at radius 1 is 1.06 bits per heavy atom. The molecule has 0 aromatic heterocycles. The van der Waals surface area contributed by atoms with Crippen molar-refractivity contribution in [1.82, 2.24) is 4.90 Å². The Labute approximate surface area is 101 Å². The fourth-order valence-corrected chi connectivity index (χ4v) is 3.34. The Morgan fingerprint density at radius 3 is 2.56 bits per heavy atom. The Hall–Kier alpha value is -0.0800. The van der Waals surface area contributed by atoms with Crippen LogP contribution in [-0.4, -0.2) is 30.1 Å². The Morgan fingerprint density at radius 2 is 1.81 bits per heavy atom. The van der Waals surface area contributed by atoms with Gasteiger partial charge in [0.2, 0.25) is 0 Å². The SMILES string of the molecule is CC1CCCN(CC2(N)CCCCC2)CC1. The van der Waals surface area contributed by atoms with Gasteiger partial charge in [0.1, 0.15) is 0 Å². The predicted molar refractivity (Wildman–Crippen MR) is 69.5 cm³/mol. The van der Waals surface area contributed by atoms with E-state index in [-0.39, 0.29) is 5.54 Å². The number of hydrogen-bond acceptors (Lipinski definition) is 2. The highest BCUT2D eigenvalue weighted by atomic mass is 15.1. The molecule has 0 aromatic carbocycles. The van der Waals surface area contributed by atoms with Gasteiger partial charge in [-0.2, -0.15) is 0 Å². The summed E-state index contributed by atoms with van der Waals surface area (Å²) < 4.78 is 0. The van der Waals surface area contributed by atoms with E-state index in [1.54, 1.807) is 0 Å². The molecule has 16 heavy (non-hydrogen) atoms. The van der Waals surface area contributed by atoms with E-state index in [0.29, 0.717) is 0 Å². The molecule has 0 bridgehead atoms. The zero-order valence-corrected chi connectivity index (χ0v) is 10.9. The molecule has 2 rings (SSSR count). The zero-order valence-electron chi connectivity index (χ0n) is 10.9. The van der Waals surface area contributed by atoms with Gasteiger partial charge in [0.15, 0.2) is 0 Å². The minimum Gasteiger partial charge on any atom is -0.324 e. The van der Waals surface area contributed by atoms with Crippen LogP contribution in [0.2, 0.25) is 0 Å². The van der Waals surface area contributed by atoms with Crippen LogP contribution in [0.4, 0.5) is 0 Å². The standard InChI is InChI=1S/C14H28N2/c1-13-6-5-10-16(11-7-13)12-14(15)8-3-2-4-9-14/h13H,2-12,15H2,1H3. The quantitative estimate of drug-likeness (QED) is 0.781. The maximum Gasteiger partial charge on any atom is 0.0283 e. The normalized spacial score (nSPS) is 32.2. The number of nitrogens with two attached hydrogens (primary N) is 1. The number of nitrogens with zero attached hydrogens (tertiary/aromatic N) is 1. The molecule has 1 aliphatic carbocycles. The highest BCUT2D eigenvalue weighted by molar-refractivity contribution is 4.90. The van der Waals surface area contributed by atoms with Crippen LogP contribution in [-0.2, 0) is 0 Å². The average molecular weight is 224 g/mol. The summed E-state index contributed by atoms with van der Waals surface area (Å²) in [5.41, 5.74) is 6.68. The van der Waals surface area contributed by atoms with Gasteiger partial charge in [-0.3, -0.25) is 0 Å². The lowest BCUT2D eigenvalue weighted by atomic mass is 9.82. The third-order valence-electron chi connectivity index (χ3n) is 4.50. The van der Waals surface area contributed by atoms with Gasteiger partial charge in [0, 0.05) is 12.1 Å². The molecule has 0 spiro atoms. The van der Waals surface area contributed by atoms with Gasteiger partial charge in [0.25, 0.3) is 0 Å². The molecular formula is C14H28N2. The molecule has 1 aliphatic heterocycles. The summed E-state index contributed by atoms with van der Waals surface area (Å²) >= 11 is 0. The lowest BCUT2D eigenvalue weighted by molar-refractivity contribution is 0.175. The Bertz CT molecular complexity index is 209. The van der Waals surface area contributed by atoms with Crippen LogP contribution in [0.1, 0.15) is 58.3 Å². The number of hydrogen-bond donors (Lipinski definition) is 1. The molecule has 2 nitrogen and oxygen atoms in total. The van der Waals surface area contributed by atoms with Crippen molar-refractivity contribution in [3.63, 3.8) is 0 Å². The summed E-state index contributed by atoms with van der Waals surface area (Å²) in [5, 5.41) is 0. The second-order valence-electron chi connectivity index (χ2n) is 6.24. The molecule has 2 aliphatic rings. The van der Waals surface area contributed by atoms with Crippen LogP contribution in [0, 0.1) is 5.92 Å². The number of likely N-dealkylation sites (tertiary alicyclic amines) is 1. The lowest BCUT2D eigenvalue weighted by Crippen LogP contribution is -2.51. The maximum absolute atomic E-state index is 6.53. The van der Waals surface area contributed by atoms with Crippen LogP contribution in [0.3, 0.4) is 0 Å². The summed E-state index contributed by atoms with van der Waals surface area (Å²) in [4.78, 5) is 2.63. The van der Waals surface area contributed by atoms with Crippen LogP contribution >= 0.6 is 0 Å². The molecule has 1 saturated carbocycles. The highest BCUT2D eigenvalue weighted by Crippen LogP contribution is 2.27. The van der Waals surface area contributed by atoms with Crippen LogP contribution in [0.15, 0.2) is 0 Å². The van der Waals surface area contributed by atoms with Crippen molar-refractivity contribution in [1.29, 1.82) is 0 Å². The highest BCUT2D eigenvalue weighted by Gasteiger charge is 2.30. The van der Waals surface area contributed by atoms with E-state index in [9.17, 15) is 0 Å². The van der Waals surface area contributed by atoms with Crippen molar-refractivity contribution in [2.75, 3.05) is 19.6 Å². The first kappa shape index (κ1) is 12.4. The molecule has 1 unspecified atom stereocenters. The van der Waals surface area contributed by atoms with Gasteiger partial charge < -0.3 is 10.6 Å². The van der Waals surface area contributed by atoms with E-state index in [1.165, 1.54) is 64.5 Å². The van der Waals surface area contributed by atoms with Crippen LogP contribution < -0.4 is 5.73 Å². The number of rotatable bonds is 2. The molecule has 1 heterocycles. The predicted octanol–water partition coefficient (Wildman–Crippen LogP) is 2.77. The van der Waals surface area contributed by atoms with Crippen molar-refractivity contribution in [3.05, 3.63) is 0 Å². The van der Waals surface area contributed by atoms with Crippen LogP contribution in [0.5, 0.6) is 0 Å². The van der Waals surface area contributed by atoms with Crippen molar-refractivity contribution in [2.45, 2.75) is 63.8 Å². The molecule has 0 amide bonds. The fourth-order valence-electron chi connectivity index (χ4n) is 3.34. The van der Waals surface area contributed by atoms with Crippen LogP contribution in [0.25, 0.3) is 0 Å². The minimum absolute atomic E-state index is 0.145. The second-order valence-corrected chi connectivity index (χ2v) is 6.24. The summed E-state index contributed by atoms with van der Waals surface area (Å²) in [5.74, 6) is 0.921. The zero-order chi connectivity index (χ0) is 11.4. The monoisotopic (exact) mass is 224 g/mol. The molecule has 2 fully saturated rings. The topological polar surface area (TPSA) is 29.3 Å². The maximum atomic E-state index is 6.53. The van der Waals surface area contributed by atoms with Crippen molar-refractivity contribution < 1.29 is 0 Å². The summed E-state index contributed by atoms with van der Waals surface area (Å²) in [6.07, 6.45) is 10.7. The third kappa shape index (κ3) is 3.46. The minimum atomic E-state index is 0.145. The first-order chi connectivity index (χ1) is 7.68.